The molecule has 1 aromatic rings. The van der Waals surface area contributed by atoms with Gasteiger partial charge in [0.05, 0.1) is 6.10 Å². The molecule has 76 valence electrons. The number of fused-ring (bicyclic) bond motifs is 1. The number of aliphatic hydroxyl groups is 1. The monoisotopic (exact) mass is 191 g/mol. The molecule has 1 aliphatic carbocycles. The van der Waals surface area contributed by atoms with Crippen molar-refractivity contribution < 1.29 is 5.11 Å². The maximum atomic E-state index is 9.77. The molecule has 0 aromatic carbocycles. The molecule has 1 aliphatic rings. The van der Waals surface area contributed by atoms with Gasteiger partial charge < -0.3 is 9.67 Å². The van der Waals surface area contributed by atoms with E-state index < -0.39 is 0 Å². The first-order valence-electron chi connectivity index (χ1n) is 5.29. The van der Waals surface area contributed by atoms with E-state index in [2.05, 4.69) is 23.5 Å². The standard InChI is InChI=1S/C12H17NO/c1-2-3-7-13-8-10-5-4-6-12(14)11(10)9-13/h2,8-9,12,14H,1,3-7H2. The average Bonchev–Trinajstić information content (AvgIpc) is 2.59. The molecule has 2 heteroatoms. The second-order valence-corrected chi connectivity index (χ2v) is 3.96. The van der Waals surface area contributed by atoms with Gasteiger partial charge >= 0.3 is 0 Å². The molecule has 1 N–H and O–H groups in total. The summed E-state index contributed by atoms with van der Waals surface area (Å²) in [6.45, 7) is 4.69. The van der Waals surface area contributed by atoms with Gasteiger partial charge in [0.15, 0.2) is 0 Å². The highest BCUT2D eigenvalue weighted by molar-refractivity contribution is 5.28. The lowest BCUT2D eigenvalue weighted by Crippen LogP contribution is -2.05. The second kappa shape index (κ2) is 4.01. The molecule has 0 bridgehead atoms. The lowest BCUT2D eigenvalue weighted by atomic mass is 9.93. The lowest BCUT2D eigenvalue weighted by Gasteiger charge is -2.16. The number of nitrogens with zero attached hydrogens (tertiary/aromatic N) is 1. The van der Waals surface area contributed by atoms with Gasteiger partial charge in [-0.15, -0.1) is 6.58 Å². The predicted molar refractivity (Wildman–Crippen MR) is 57.1 cm³/mol. The van der Waals surface area contributed by atoms with E-state index in [0.717, 1.165) is 37.8 Å². The molecule has 0 saturated heterocycles. The first-order chi connectivity index (χ1) is 6.81. The number of aliphatic hydroxyl groups excluding tert-OH is 1. The summed E-state index contributed by atoms with van der Waals surface area (Å²) in [4.78, 5) is 0. The van der Waals surface area contributed by atoms with Crippen LogP contribution in [0.15, 0.2) is 25.0 Å². The molecule has 0 aliphatic heterocycles. The Morgan fingerprint density at radius 2 is 2.43 bits per heavy atom. The van der Waals surface area contributed by atoms with Crippen molar-refractivity contribution in [2.75, 3.05) is 0 Å². The number of hydrogen-bond donors (Lipinski definition) is 1. The van der Waals surface area contributed by atoms with Crippen LogP contribution in [0.5, 0.6) is 0 Å². The van der Waals surface area contributed by atoms with Crippen LogP contribution >= 0.6 is 0 Å². The Labute approximate surface area is 84.9 Å². The Kier molecular flexibility index (Phi) is 2.73. The van der Waals surface area contributed by atoms with E-state index in [1.54, 1.807) is 0 Å². The number of allylic oxidation sites excluding steroid dienone is 1. The highest BCUT2D eigenvalue weighted by Gasteiger charge is 2.19. The van der Waals surface area contributed by atoms with Crippen LogP contribution in [-0.2, 0) is 13.0 Å². The molecule has 0 saturated carbocycles. The van der Waals surface area contributed by atoms with Gasteiger partial charge in [0, 0.05) is 24.5 Å². The smallest absolute Gasteiger partial charge is 0.0807 e. The molecule has 2 rings (SSSR count). The predicted octanol–water partition coefficient (Wildman–Crippen LogP) is 2.43. The van der Waals surface area contributed by atoms with Crippen molar-refractivity contribution in [1.82, 2.24) is 4.57 Å². The fourth-order valence-corrected chi connectivity index (χ4v) is 2.09. The minimum absolute atomic E-state index is 0.233. The maximum Gasteiger partial charge on any atom is 0.0807 e. The molecule has 0 fully saturated rings. The van der Waals surface area contributed by atoms with Crippen molar-refractivity contribution in [2.45, 2.75) is 38.3 Å². The number of rotatable bonds is 3. The van der Waals surface area contributed by atoms with E-state index >= 15 is 0 Å². The van der Waals surface area contributed by atoms with E-state index in [1.807, 2.05) is 6.08 Å². The Balaban J connectivity index is 2.17. The molecule has 1 heterocycles. The van der Waals surface area contributed by atoms with Crippen molar-refractivity contribution in [3.8, 4) is 0 Å². The molecule has 1 atom stereocenters. The van der Waals surface area contributed by atoms with Gasteiger partial charge in [0.25, 0.3) is 0 Å². The molecule has 0 amide bonds. The summed E-state index contributed by atoms with van der Waals surface area (Å²) in [5, 5.41) is 9.77. The molecule has 1 unspecified atom stereocenters. The molecule has 2 nitrogen and oxygen atoms in total. The van der Waals surface area contributed by atoms with Crippen molar-refractivity contribution in [3.63, 3.8) is 0 Å². The Morgan fingerprint density at radius 3 is 3.14 bits per heavy atom. The van der Waals surface area contributed by atoms with Crippen LogP contribution in [0, 0.1) is 0 Å². The summed E-state index contributed by atoms with van der Waals surface area (Å²) in [7, 11) is 0. The summed E-state index contributed by atoms with van der Waals surface area (Å²) in [6, 6.07) is 0. The van der Waals surface area contributed by atoms with Crippen molar-refractivity contribution in [2.24, 2.45) is 0 Å². The fraction of sp³-hybridized carbons (Fsp3) is 0.500. The van der Waals surface area contributed by atoms with Crippen LogP contribution in [0.25, 0.3) is 0 Å². The highest BCUT2D eigenvalue weighted by atomic mass is 16.3. The fourth-order valence-electron chi connectivity index (χ4n) is 2.09. The van der Waals surface area contributed by atoms with Crippen molar-refractivity contribution >= 4 is 0 Å². The van der Waals surface area contributed by atoms with Gasteiger partial charge in [-0.25, -0.2) is 0 Å². The van der Waals surface area contributed by atoms with Gasteiger partial charge in [-0.1, -0.05) is 6.08 Å². The number of aryl methyl sites for hydroxylation is 2. The SMILES string of the molecule is C=CCCn1cc2c(c1)C(O)CCC2. The average molecular weight is 191 g/mol. The summed E-state index contributed by atoms with van der Waals surface area (Å²) in [5.74, 6) is 0. The quantitative estimate of drug-likeness (QED) is 0.729. The normalized spacial score (nSPS) is 20.5. The summed E-state index contributed by atoms with van der Waals surface area (Å²) < 4.78 is 2.17. The Morgan fingerprint density at radius 1 is 1.57 bits per heavy atom. The van der Waals surface area contributed by atoms with Gasteiger partial charge in [-0.3, -0.25) is 0 Å². The third-order valence-electron chi connectivity index (χ3n) is 2.87. The number of hydrogen-bond acceptors (Lipinski definition) is 1. The van der Waals surface area contributed by atoms with Gasteiger partial charge in [-0.05, 0) is 31.2 Å². The van der Waals surface area contributed by atoms with Crippen LogP contribution in [0.3, 0.4) is 0 Å². The molecule has 14 heavy (non-hydrogen) atoms. The van der Waals surface area contributed by atoms with Crippen molar-refractivity contribution in [1.29, 1.82) is 0 Å². The zero-order chi connectivity index (χ0) is 9.97. The topological polar surface area (TPSA) is 25.2 Å². The maximum absolute atomic E-state index is 9.77. The van der Waals surface area contributed by atoms with Crippen LogP contribution < -0.4 is 0 Å². The van der Waals surface area contributed by atoms with Crippen LogP contribution in [0.4, 0.5) is 0 Å². The molecular formula is C12H17NO. The van der Waals surface area contributed by atoms with E-state index in [0.29, 0.717) is 0 Å². The van der Waals surface area contributed by atoms with E-state index in [4.69, 9.17) is 0 Å². The summed E-state index contributed by atoms with van der Waals surface area (Å²) in [5.41, 5.74) is 2.47. The minimum Gasteiger partial charge on any atom is -0.388 e. The Hall–Kier alpha value is -1.02. The lowest BCUT2D eigenvalue weighted by molar-refractivity contribution is 0.157. The third-order valence-corrected chi connectivity index (χ3v) is 2.87. The van der Waals surface area contributed by atoms with E-state index in [1.165, 1.54) is 5.56 Å². The molecule has 0 spiro atoms. The van der Waals surface area contributed by atoms with Crippen LogP contribution in [-0.4, -0.2) is 9.67 Å². The first kappa shape index (κ1) is 9.53. The second-order valence-electron chi connectivity index (χ2n) is 3.96. The summed E-state index contributed by atoms with van der Waals surface area (Å²) >= 11 is 0. The first-order valence-corrected chi connectivity index (χ1v) is 5.29. The highest BCUT2D eigenvalue weighted by Crippen LogP contribution is 2.30. The van der Waals surface area contributed by atoms with Crippen molar-refractivity contribution in [3.05, 3.63) is 36.2 Å². The molecule has 0 radical (unpaired) electrons. The summed E-state index contributed by atoms with van der Waals surface area (Å²) in [6.07, 6.45) is 10.1. The minimum atomic E-state index is -0.233. The third kappa shape index (κ3) is 1.75. The van der Waals surface area contributed by atoms with Gasteiger partial charge in [-0.2, -0.15) is 0 Å². The molecular weight excluding hydrogens is 174 g/mol. The zero-order valence-corrected chi connectivity index (χ0v) is 8.45. The van der Waals surface area contributed by atoms with Crippen LogP contribution in [0.2, 0.25) is 0 Å². The largest absolute Gasteiger partial charge is 0.388 e. The van der Waals surface area contributed by atoms with Gasteiger partial charge in [0.1, 0.15) is 0 Å². The zero-order valence-electron chi connectivity index (χ0n) is 8.45. The number of aromatic nitrogens is 1. The van der Waals surface area contributed by atoms with Gasteiger partial charge in [0.2, 0.25) is 0 Å². The molecule has 1 aromatic heterocycles. The van der Waals surface area contributed by atoms with E-state index in [-0.39, 0.29) is 6.10 Å². The Bertz CT molecular complexity index is 327. The van der Waals surface area contributed by atoms with Crippen LogP contribution in [0.1, 0.15) is 36.5 Å². The van der Waals surface area contributed by atoms with E-state index in [9.17, 15) is 5.11 Å².